The van der Waals surface area contributed by atoms with Crippen LogP contribution < -0.4 is 0 Å². The Morgan fingerprint density at radius 2 is 2.18 bits per heavy atom. The lowest BCUT2D eigenvalue weighted by Gasteiger charge is -2.15. The number of nitrogens with zero attached hydrogens (tertiary/aromatic N) is 2. The monoisotopic (exact) mass is 262 g/mol. The van der Waals surface area contributed by atoms with E-state index in [1.165, 1.54) is 7.05 Å². The lowest BCUT2D eigenvalue weighted by atomic mass is 10.5. The fourth-order valence-electron chi connectivity index (χ4n) is 1.04. The molecule has 0 aliphatic carbocycles. The molecule has 0 atom stereocenters. The molecule has 1 aromatic heterocycles. The van der Waals surface area contributed by atoms with Gasteiger partial charge < -0.3 is 4.74 Å². The summed E-state index contributed by atoms with van der Waals surface area (Å²) >= 11 is 0. The molecule has 1 heterocycles. The molecule has 0 radical (unpaired) electrons. The number of pyridine rings is 1. The normalized spacial score (nSPS) is 11.5. The van der Waals surface area contributed by atoms with Crippen LogP contribution in [0.15, 0.2) is 23.4 Å². The Morgan fingerprint density at radius 1 is 1.53 bits per heavy atom. The first-order chi connectivity index (χ1) is 7.87. The molecule has 8 heteroatoms. The summed E-state index contributed by atoms with van der Waals surface area (Å²) in [5.41, 5.74) is 0. The topological polar surface area (TPSA) is 76.6 Å². The van der Waals surface area contributed by atoms with Gasteiger partial charge in [-0.1, -0.05) is 0 Å². The van der Waals surface area contributed by atoms with Crippen LogP contribution in [0.25, 0.3) is 0 Å². The van der Waals surface area contributed by atoms with Crippen molar-refractivity contribution >= 4 is 16.0 Å². The molecule has 1 rings (SSSR count). The molecule has 0 saturated carbocycles. The lowest BCUT2D eigenvalue weighted by molar-refractivity contribution is -0.140. The number of ether oxygens (including phenoxy) is 1. The van der Waals surface area contributed by atoms with E-state index >= 15 is 0 Å². The molecule has 1 aromatic rings. The Labute approximate surface area is 98.1 Å². The highest BCUT2D eigenvalue weighted by Crippen LogP contribution is 2.13. The average Bonchev–Trinajstić information content (AvgIpc) is 2.28. The summed E-state index contributed by atoms with van der Waals surface area (Å²) in [5, 5.41) is 0. The first-order valence-electron chi connectivity index (χ1n) is 4.51. The summed E-state index contributed by atoms with van der Waals surface area (Å²) in [6.07, 6.45) is 1.89. The van der Waals surface area contributed by atoms with Crippen LogP contribution in [0.1, 0.15) is 0 Å². The summed E-state index contributed by atoms with van der Waals surface area (Å²) in [6.45, 7) is -0.449. The summed E-state index contributed by atoms with van der Waals surface area (Å²) in [7, 11) is -1.60. The van der Waals surface area contributed by atoms with E-state index in [1.54, 1.807) is 0 Å². The van der Waals surface area contributed by atoms with E-state index in [2.05, 4.69) is 9.72 Å². The van der Waals surface area contributed by atoms with Gasteiger partial charge in [0.1, 0.15) is 17.3 Å². The number of carbonyl (C=O) groups is 1. The van der Waals surface area contributed by atoms with Crippen LogP contribution in [0.2, 0.25) is 0 Å². The number of halogens is 1. The fraction of sp³-hybridized carbons (Fsp3) is 0.333. The second kappa shape index (κ2) is 5.19. The molecule has 0 fully saturated rings. The number of methoxy groups -OCH3 is 1. The quantitative estimate of drug-likeness (QED) is 0.715. The van der Waals surface area contributed by atoms with Crippen LogP contribution in [-0.2, 0) is 19.6 Å². The van der Waals surface area contributed by atoms with Gasteiger partial charge in [0.05, 0.1) is 13.3 Å². The Bertz CT molecular complexity index is 517. The van der Waals surface area contributed by atoms with Gasteiger partial charge in [0.25, 0.3) is 0 Å². The maximum Gasteiger partial charge on any atom is 0.321 e. The SMILES string of the molecule is COC(=O)CN(C)S(=O)(=O)c1cncc(F)c1. The third-order valence-corrected chi connectivity index (χ3v) is 3.74. The van der Waals surface area contributed by atoms with Gasteiger partial charge in [-0.2, -0.15) is 4.31 Å². The average molecular weight is 262 g/mol. The molecular weight excluding hydrogens is 251 g/mol. The van der Waals surface area contributed by atoms with Gasteiger partial charge in [-0.05, 0) is 6.07 Å². The summed E-state index contributed by atoms with van der Waals surface area (Å²) < 4.78 is 41.6. The maximum atomic E-state index is 12.9. The smallest absolute Gasteiger partial charge is 0.321 e. The molecule has 6 nitrogen and oxygen atoms in total. The van der Waals surface area contributed by atoms with Crippen LogP contribution in [0.3, 0.4) is 0 Å². The molecule has 0 aromatic carbocycles. The minimum Gasteiger partial charge on any atom is -0.468 e. The number of hydrogen-bond donors (Lipinski definition) is 0. The highest BCUT2D eigenvalue weighted by atomic mass is 32.2. The van der Waals surface area contributed by atoms with Crippen LogP contribution in [0.5, 0.6) is 0 Å². The van der Waals surface area contributed by atoms with Crippen molar-refractivity contribution in [2.75, 3.05) is 20.7 Å². The second-order valence-electron chi connectivity index (χ2n) is 3.18. The number of rotatable bonds is 4. The Balaban J connectivity index is 2.99. The first-order valence-corrected chi connectivity index (χ1v) is 5.95. The van der Waals surface area contributed by atoms with Crippen molar-refractivity contribution in [3.8, 4) is 0 Å². The Kier molecular flexibility index (Phi) is 4.13. The third-order valence-electron chi connectivity index (χ3n) is 1.97. The van der Waals surface area contributed by atoms with Crippen LogP contribution in [0, 0.1) is 5.82 Å². The molecule has 94 valence electrons. The van der Waals surface area contributed by atoms with E-state index < -0.39 is 28.4 Å². The highest BCUT2D eigenvalue weighted by Gasteiger charge is 2.23. The number of carbonyl (C=O) groups excluding carboxylic acids is 1. The largest absolute Gasteiger partial charge is 0.468 e. The van der Waals surface area contributed by atoms with Crippen molar-refractivity contribution in [3.05, 3.63) is 24.3 Å². The van der Waals surface area contributed by atoms with Gasteiger partial charge in [-0.15, -0.1) is 0 Å². The van der Waals surface area contributed by atoms with E-state index in [4.69, 9.17) is 0 Å². The summed E-state index contributed by atoms with van der Waals surface area (Å²) in [5.74, 6) is -1.47. The predicted molar refractivity (Wildman–Crippen MR) is 56.0 cm³/mol. The zero-order chi connectivity index (χ0) is 13.1. The van der Waals surface area contributed by atoms with Crippen molar-refractivity contribution in [2.24, 2.45) is 0 Å². The zero-order valence-electron chi connectivity index (χ0n) is 9.25. The molecule has 0 bridgehead atoms. The van der Waals surface area contributed by atoms with Crippen LogP contribution >= 0.6 is 0 Å². The highest BCUT2D eigenvalue weighted by molar-refractivity contribution is 7.89. The van der Waals surface area contributed by atoms with Crippen molar-refractivity contribution < 1.29 is 22.3 Å². The van der Waals surface area contributed by atoms with Crippen molar-refractivity contribution in [3.63, 3.8) is 0 Å². The van der Waals surface area contributed by atoms with E-state index in [0.717, 1.165) is 29.9 Å². The number of esters is 1. The van der Waals surface area contributed by atoms with E-state index in [0.29, 0.717) is 0 Å². The summed E-state index contributed by atoms with van der Waals surface area (Å²) in [4.78, 5) is 14.1. The Morgan fingerprint density at radius 3 is 2.71 bits per heavy atom. The van der Waals surface area contributed by atoms with Crippen molar-refractivity contribution in [1.82, 2.24) is 9.29 Å². The zero-order valence-corrected chi connectivity index (χ0v) is 10.1. The van der Waals surface area contributed by atoms with E-state index in [1.807, 2.05) is 0 Å². The maximum absolute atomic E-state index is 12.9. The van der Waals surface area contributed by atoms with Gasteiger partial charge in [-0.25, -0.2) is 12.8 Å². The first kappa shape index (κ1) is 13.5. The third kappa shape index (κ3) is 3.21. The van der Waals surface area contributed by atoms with Crippen LogP contribution in [0.4, 0.5) is 4.39 Å². The second-order valence-corrected chi connectivity index (χ2v) is 5.22. The van der Waals surface area contributed by atoms with Crippen LogP contribution in [-0.4, -0.2) is 44.4 Å². The number of hydrogen-bond acceptors (Lipinski definition) is 5. The standard InChI is InChI=1S/C9H11FN2O4S/c1-12(6-9(13)16-2)17(14,15)8-3-7(10)4-11-5-8/h3-5H,6H2,1-2H3. The molecular formula is C9H11FN2O4S. The molecule has 0 spiro atoms. The molecule has 0 N–H and O–H groups in total. The fourth-order valence-corrected chi connectivity index (χ4v) is 2.14. The van der Waals surface area contributed by atoms with Gasteiger partial charge >= 0.3 is 5.97 Å². The molecule has 0 amide bonds. The molecule has 0 unspecified atom stereocenters. The predicted octanol–water partition coefficient (Wildman–Crippen LogP) is 0.0142. The minimum atomic E-state index is -3.94. The van der Waals surface area contributed by atoms with E-state index in [-0.39, 0.29) is 4.90 Å². The van der Waals surface area contributed by atoms with Gasteiger partial charge in [-0.3, -0.25) is 9.78 Å². The molecule has 0 saturated heterocycles. The number of aromatic nitrogens is 1. The summed E-state index contributed by atoms with van der Waals surface area (Å²) in [6, 6.07) is 0.829. The lowest BCUT2D eigenvalue weighted by Crippen LogP contribution is -2.32. The van der Waals surface area contributed by atoms with Crippen molar-refractivity contribution in [1.29, 1.82) is 0 Å². The van der Waals surface area contributed by atoms with Gasteiger partial charge in [0, 0.05) is 13.2 Å². The molecule has 17 heavy (non-hydrogen) atoms. The number of likely N-dealkylation sites (N-methyl/N-ethyl adjacent to an activating group) is 1. The minimum absolute atomic E-state index is 0.316. The Hall–Kier alpha value is -1.54. The molecule has 0 aliphatic heterocycles. The molecule has 0 aliphatic rings. The van der Waals surface area contributed by atoms with Gasteiger partial charge in [0.2, 0.25) is 10.0 Å². The number of sulfonamides is 1. The van der Waals surface area contributed by atoms with Crippen molar-refractivity contribution in [2.45, 2.75) is 4.90 Å². The van der Waals surface area contributed by atoms with Gasteiger partial charge in [0.15, 0.2) is 0 Å². The van der Waals surface area contributed by atoms with E-state index in [9.17, 15) is 17.6 Å².